The van der Waals surface area contributed by atoms with Crippen LogP contribution in [0.2, 0.25) is 0 Å². The number of nitrogens with one attached hydrogen (secondary N) is 1. The largest absolute Gasteiger partial charge is 0.437 e. The average molecular weight is 307 g/mol. The Hall–Kier alpha value is -2.50. The van der Waals surface area contributed by atoms with Gasteiger partial charge in [-0.25, -0.2) is 0 Å². The molecule has 0 unspecified atom stereocenters. The zero-order chi connectivity index (χ0) is 15.5. The molecule has 3 aromatic rings. The van der Waals surface area contributed by atoms with Gasteiger partial charge in [0, 0.05) is 23.9 Å². The van der Waals surface area contributed by atoms with Gasteiger partial charge in [-0.05, 0) is 23.8 Å². The monoisotopic (exact) mass is 307 g/mol. The molecule has 5 nitrogen and oxygen atoms in total. The standard InChI is InChI=1S/C18H17N3O2/c1-2-7-16-14(4-1)11-20-21-18(16)23-15-6-3-5-13(10-15)17-12-19-8-9-22-17/h1-7,10-11,17,19H,8-9,12H2/t17-/m0/s1. The number of hydrogen-bond acceptors (Lipinski definition) is 5. The van der Waals surface area contributed by atoms with Crippen molar-refractivity contribution in [2.75, 3.05) is 19.7 Å². The van der Waals surface area contributed by atoms with E-state index in [0.717, 1.165) is 41.8 Å². The summed E-state index contributed by atoms with van der Waals surface area (Å²) in [5.74, 6) is 1.25. The van der Waals surface area contributed by atoms with Gasteiger partial charge in [0.15, 0.2) is 0 Å². The molecular weight excluding hydrogens is 290 g/mol. The molecule has 5 heteroatoms. The topological polar surface area (TPSA) is 56.3 Å². The Bertz CT molecular complexity index is 811. The highest BCUT2D eigenvalue weighted by atomic mass is 16.5. The van der Waals surface area contributed by atoms with E-state index < -0.39 is 0 Å². The molecule has 1 aromatic heterocycles. The minimum absolute atomic E-state index is 0.0610. The summed E-state index contributed by atoms with van der Waals surface area (Å²) in [6.07, 6.45) is 1.80. The Morgan fingerprint density at radius 3 is 3.00 bits per heavy atom. The second-order valence-electron chi connectivity index (χ2n) is 5.48. The third kappa shape index (κ3) is 3.02. The maximum Gasteiger partial charge on any atom is 0.246 e. The Morgan fingerprint density at radius 2 is 2.09 bits per heavy atom. The molecule has 23 heavy (non-hydrogen) atoms. The van der Waals surface area contributed by atoms with Crippen LogP contribution in [0, 0.1) is 0 Å². The van der Waals surface area contributed by atoms with Crippen LogP contribution in [0.4, 0.5) is 0 Å². The van der Waals surface area contributed by atoms with E-state index in [-0.39, 0.29) is 6.10 Å². The first-order chi connectivity index (χ1) is 11.4. The Kier molecular flexibility index (Phi) is 3.88. The molecule has 1 aliphatic heterocycles. The van der Waals surface area contributed by atoms with E-state index in [1.54, 1.807) is 6.20 Å². The molecule has 1 fully saturated rings. The minimum Gasteiger partial charge on any atom is -0.437 e. The van der Waals surface area contributed by atoms with Crippen molar-refractivity contribution in [3.8, 4) is 11.6 Å². The van der Waals surface area contributed by atoms with Crippen molar-refractivity contribution >= 4 is 10.8 Å². The van der Waals surface area contributed by atoms with E-state index in [2.05, 4.69) is 21.6 Å². The molecule has 2 aromatic carbocycles. The second kappa shape index (κ2) is 6.32. The number of aromatic nitrogens is 2. The van der Waals surface area contributed by atoms with Crippen LogP contribution < -0.4 is 10.1 Å². The lowest BCUT2D eigenvalue weighted by molar-refractivity contribution is 0.0276. The SMILES string of the molecule is c1cc(Oc2nncc3ccccc23)cc([C@@H]2CNCCO2)c1. The van der Waals surface area contributed by atoms with Crippen LogP contribution in [-0.2, 0) is 4.74 Å². The van der Waals surface area contributed by atoms with Crippen molar-refractivity contribution < 1.29 is 9.47 Å². The van der Waals surface area contributed by atoms with E-state index in [4.69, 9.17) is 9.47 Å². The lowest BCUT2D eigenvalue weighted by Crippen LogP contribution is -2.33. The summed E-state index contributed by atoms with van der Waals surface area (Å²) in [7, 11) is 0. The van der Waals surface area contributed by atoms with Gasteiger partial charge >= 0.3 is 0 Å². The van der Waals surface area contributed by atoms with Crippen molar-refractivity contribution in [3.05, 3.63) is 60.3 Å². The van der Waals surface area contributed by atoms with Crippen molar-refractivity contribution in [1.82, 2.24) is 15.5 Å². The smallest absolute Gasteiger partial charge is 0.246 e. The number of rotatable bonds is 3. The van der Waals surface area contributed by atoms with Gasteiger partial charge in [-0.2, -0.15) is 5.10 Å². The highest BCUT2D eigenvalue weighted by Crippen LogP contribution is 2.29. The van der Waals surface area contributed by atoms with Gasteiger partial charge < -0.3 is 14.8 Å². The van der Waals surface area contributed by atoms with E-state index >= 15 is 0 Å². The summed E-state index contributed by atoms with van der Waals surface area (Å²) in [5.41, 5.74) is 1.10. The fourth-order valence-electron chi connectivity index (χ4n) is 2.75. The number of benzene rings is 2. The number of nitrogens with zero attached hydrogens (tertiary/aromatic N) is 2. The molecule has 0 radical (unpaired) electrons. The highest BCUT2D eigenvalue weighted by Gasteiger charge is 2.16. The van der Waals surface area contributed by atoms with E-state index in [9.17, 15) is 0 Å². The van der Waals surface area contributed by atoms with Gasteiger partial charge in [0.2, 0.25) is 5.88 Å². The van der Waals surface area contributed by atoms with Crippen molar-refractivity contribution in [2.24, 2.45) is 0 Å². The fourth-order valence-corrected chi connectivity index (χ4v) is 2.75. The Morgan fingerprint density at radius 1 is 1.13 bits per heavy atom. The first-order valence-corrected chi connectivity index (χ1v) is 7.71. The Balaban J connectivity index is 1.63. The molecule has 0 saturated carbocycles. The fraction of sp³-hybridized carbons (Fsp3) is 0.222. The summed E-state index contributed by atoms with van der Waals surface area (Å²) in [4.78, 5) is 0. The molecule has 0 aliphatic carbocycles. The number of ether oxygens (including phenoxy) is 2. The zero-order valence-corrected chi connectivity index (χ0v) is 12.6. The molecule has 4 rings (SSSR count). The summed E-state index contributed by atoms with van der Waals surface area (Å²) < 4.78 is 11.8. The predicted molar refractivity (Wildman–Crippen MR) is 87.6 cm³/mol. The first kappa shape index (κ1) is 14.1. The van der Waals surface area contributed by atoms with E-state index in [1.165, 1.54) is 0 Å². The maximum absolute atomic E-state index is 5.97. The molecule has 1 saturated heterocycles. The van der Waals surface area contributed by atoms with Crippen LogP contribution in [0.25, 0.3) is 10.8 Å². The highest BCUT2D eigenvalue weighted by molar-refractivity contribution is 5.85. The van der Waals surface area contributed by atoms with Crippen LogP contribution >= 0.6 is 0 Å². The van der Waals surface area contributed by atoms with Crippen molar-refractivity contribution in [1.29, 1.82) is 0 Å². The second-order valence-corrected chi connectivity index (χ2v) is 5.48. The molecule has 0 bridgehead atoms. The molecule has 1 aliphatic rings. The zero-order valence-electron chi connectivity index (χ0n) is 12.6. The normalized spacial score (nSPS) is 18.0. The minimum atomic E-state index is 0.0610. The third-order valence-corrected chi connectivity index (χ3v) is 3.91. The van der Waals surface area contributed by atoms with E-state index in [0.29, 0.717) is 5.88 Å². The van der Waals surface area contributed by atoms with E-state index in [1.807, 2.05) is 42.5 Å². The van der Waals surface area contributed by atoms with Gasteiger partial charge in [0.1, 0.15) is 5.75 Å². The van der Waals surface area contributed by atoms with Crippen LogP contribution in [0.3, 0.4) is 0 Å². The van der Waals surface area contributed by atoms with Crippen molar-refractivity contribution in [3.63, 3.8) is 0 Å². The molecular formula is C18H17N3O2. The molecule has 116 valence electrons. The van der Waals surface area contributed by atoms with Gasteiger partial charge in [-0.15, -0.1) is 5.10 Å². The van der Waals surface area contributed by atoms with Crippen LogP contribution in [0.5, 0.6) is 11.6 Å². The van der Waals surface area contributed by atoms with Crippen LogP contribution in [0.15, 0.2) is 54.7 Å². The van der Waals surface area contributed by atoms with Gasteiger partial charge in [-0.3, -0.25) is 0 Å². The lowest BCUT2D eigenvalue weighted by Gasteiger charge is -2.24. The maximum atomic E-state index is 5.97. The van der Waals surface area contributed by atoms with Crippen LogP contribution in [0.1, 0.15) is 11.7 Å². The number of hydrogen-bond donors (Lipinski definition) is 1. The molecule has 0 amide bonds. The Labute approximate surface area is 134 Å². The first-order valence-electron chi connectivity index (χ1n) is 7.71. The average Bonchev–Trinajstić information content (AvgIpc) is 2.63. The van der Waals surface area contributed by atoms with Crippen LogP contribution in [-0.4, -0.2) is 29.9 Å². The van der Waals surface area contributed by atoms with Gasteiger partial charge in [-0.1, -0.05) is 30.3 Å². The molecule has 0 spiro atoms. The molecule has 1 atom stereocenters. The number of fused-ring (bicyclic) bond motifs is 1. The van der Waals surface area contributed by atoms with Gasteiger partial charge in [0.25, 0.3) is 0 Å². The van der Waals surface area contributed by atoms with Crippen molar-refractivity contribution in [2.45, 2.75) is 6.10 Å². The molecule has 2 heterocycles. The lowest BCUT2D eigenvalue weighted by atomic mass is 10.1. The van der Waals surface area contributed by atoms with Gasteiger partial charge in [0.05, 0.1) is 18.9 Å². The summed E-state index contributed by atoms with van der Waals surface area (Å²) in [5, 5.41) is 13.4. The quantitative estimate of drug-likeness (QED) is 0.806. The predicted octanol–water partition coefficient (Wildman–Crippen LogP) is 3.08. The third-order valence-electron chi connectivity index (χ3n) is 3.91. The summed E-state index contributed by atoms with van der Waals surface area (Å²) >= 11 is 0. The number of morpholine rings is 1. The molecule has 1 N–H and O–H groups in total. The summed E-state index contributed by atoms with van der Waals surface area (Å²) in [6, 6.07) is 15.9. The summed E-state index contributed by atoms with van der Waals surface area (Å²) in [6.45, 7) is 2.44.